The van der Waals surface area contributed by atoms with Crippen LogP contribution in [0.1, 0.15) is 27.1 Å². The largest absolute Gasteiger partial charge is 0.459 e. The molecule has 0 radical (unpaired) electrons. The van der Waals surface area contributed by atoms with Crippen LogP contribution in [0.4, 0.5) is 0 Å². The lowest BCUT2D eigenvalue weighted by Gasteiger charge is -2.26. The van der Waals surface area contributed by atoms with Crippen molar-refractivity contribution in [2.45, 2.75) is 23.7 Å². The van der Waals surface area contributed by atoms with Crippen molar-refractivity contribution in [3.63, 3.8) is 0 Å². The first-order valence-corrected chi connectivity index (χ1v) is 9.24. The molecule has 0 aromatic heterocycles. The number of aliphatic hydroxyl groups is 1. The van der Waals surface area contributed by atoms with E-state index >= 15 is 0 Å². The van der Waals surface area contributed by atoms with Crippen LogP contribution in [0.2, 0.25) is 10.0 Å². The van der Waals surface area contributed by atoms with Gasteiger partial charge in [-0.15, -0.1) is 0 Å². The number of hydrogen-bond acceptors (Lipinski definition) is 5. The predicted molar refractivity (Wildman–Crippen MR) is 102 cm³/mol. The van der Waals surface area contributed by atoms with Gasteiger partial charge in [0.2, 0.25) is 0 Å². The van der Waals surface area contributed by atoms with Crippen LogP contribution in [0.25, 0.3) is 0 Å². The Kier molecular flexibility index (Phi) is 6.08. The zero-order valence-electron chi connectivity index (χ0n) is 13.9. The number of halogens is 3. The minimum Gasteiger partial charge on any atom is -0.459 e. The lowest BCUT2D eigenvalue weighted by atomic mass is 9.87. The number of rotatable bonds is 5. The molecule has 0 aliphatic carbocycles. The molecule has 1 N–H and O–H groups in total. The molecular weight excluding hydrogens is 415 g/mol. The van der Waals surface area contributed by atoms with Gasteiger partial charge in [-0.25, -0.2) is 4.79 Å². The zero-order chi connectivity index (χ0) is 19.6. The lowest BCUT2D eigenvalue weighted by Crippen LogP contribution is -2.48. The van der Waals surface area contributed by atoms with Crippen LogP contribution in [-0.4, -0.2) is 40.7 Å². The second kappa shape index (κ2) is 8.17. The van der Waals surface area contributed by atoms with Crippen LogP contribution in [0.5, 0.6) is 0 Å². The third-order valence-corrected chi connectivity index (χ3v) is 5.02. The molecule has 1 unspecified atom stereocenters. The summed E-state index contributed by atoms with van der Waals surface area (Å²) in [6.07, 6.45) is -1.22. The molecule has 142 valence electrons. The Balaban J connectivity index is 1.73. The summed E-state index contributed by atoms with van der Waals surface area (Å²) in [6.45, 7) is -0.333. The number of hydrogen-bond donors (Lipinski definition) is 1. The monoisotopic (exact) mass is 428 g/mol. The zero-order valence-corrected chi connectivity index (χ0v) is 16.2. The highest BCUT2D eigenvalue weighted by Gasteiger charge is 2.53. The Morgan fingerprint density at radius 2 is 1.56 bits per heavy atom. The van der Waals surface area contributed by atoms with Gasteiger partial charge in [-0.1, -0.05) is 34.8 Å². The third kappa shape index (κ3) is 4.45. The summed E-state index contributed by atoms with van der Waals surface area (Å²) in [5.74, 6) is -1.20. The molecule has 0 bridgehead atoms. The Hall–Kier alpha value is -1.63. The van der Waals surface area contributed by atoms with E-state index in [9.17, 15) is 14.7 Å². The summed E-state index contributed by atoms with van der Waals surface area (Å²) in [5, 5.41) is 11.9. The van der Waals surface area contributed by atoms with Crippen molar-refractivity contribution in [2.75, 3.05) is 6.61 Å². The Labute approximate surface area is 170 Å². The lowest BCUT2D eigenvalue weighted by molar-refractivity contribution is -0.0538. The van der Waals surface area contributed by atoms with Gasteiger partial charge in [0.15, 0.2) is 11.4 Å². The number of carbonyl (C=O) groups excluding carboxylic acids is 2. The average molecular weight is 430 g/mol. The molecule has 0 amide bonds. The molecule has 2 aromatic carbocycles. The average Bonchev–Trinajstić information content (AvgIpc) is 2.95. The summed E-state index contributed by atoms with van der Waals surface area (Å²) < 4.78 is 10.6. The van der Waals surface area contributed by atoms with E-state index in [0.29, 0.717) is 10.0 Å². The first-order valence-electron chi connectivity index (χ1n) is 8.04. The number of Topliss-reactive ketones (excluding diaryl/α,β-unsaturated/α-hetero) is 1. The van der Waals surface area contributed by atoms with Crippen LogP contribution < -0.4 is 0 Å². The highest BCUT2D eigenvalue weighted by molar-refractivity contribution is 6.31. The highest BCUT2D eigenvalue weighted by atomic mass is 35.5. The van der Waals surface area contributed by atoms with Crippen LogP contribution in [0, 0.1) is 0 Å². The van der Waals surface area contributed by atoms with E-state index in [-0.39, 0.29) is 24.2 Å². The summed E-state index contributed by atoms with van der Waals surface area (Å²) in [4.78, 5) is 24.9. The smallest absolute Gasteiger partial charge is 0.338 e. The van der Waals surface area contributed by atoms with Gasteiger partial charge < -0.3 is 14.6 Å². The molecule has 0 spiro atoms. The minimum atomic E-state index is -1.92. The van der Waals surface area contributed by atoms with Gasteiger partial charge in [0.1, 0.15) is 18.3 Å². The molecule has 27 heavy (non-hydrogen) atoms. The van der Waals surface area contributed by atoms with Crippen LogP contribution in [-0.2, 0) is 9.47 Å². The van der Waals surface area contributed by atoms with E-state index in [2.05, 4.69) is 0 Å². The maximum absolute atomic E-state index is 12.8. The third-order valence-electron chi connectivity index (χ3n) is 4.26. The van der Waals surface area contributed by atoms with E-state index in [4.69, 9.17) is 44.3 Å². The van der Waals surface area contributed by atoms with Crippen LogP contribution >= 0.6 is 34.8 Å². The van der Waals surface area contributed by atoms with Gasteiger partial charge in [0.25, 0.3) is 0 Å². The predicted octanol–water partition coefficient (Wildman–Crippen LogP) is 4.12. The number of benzene rings is 2. The molecule has 0 saturated carbocycles. The second-order valence-electron chi connectivity index (χ2n) is 6.10. The number of ether oxygens (including phenoxy) is 2. The molecule has 1 fully saturated rings. The Morgan fingerprint density at radius 3 is 2.11 bits per heavy atom. The van der Waals surface area contributed by atoms with E-state index in [1.165, 1.54) is 24.3 Å². The fraction of sp³-hybridized carbons (Fsp3) is 0.263. The van der Waals surface area contributed by atoms with Gasteiger partial charge in [0, 0.05) is 22.0 Å². The van der Waals surface area contributed by atoms with Crippen molar-refractivity contribution in [1.29, 1.82) is 0 Å². The quantitative estimate of drug-likeness (QED) is 0.440. The second-order valence-corrected chi connectivity index (χ2v) is 7.46. The molecule has 1 saturated heterocycles. The van der Waals surface area contributed by atoms with E-state index in [1.54, 1.807) is 24.3 Å². The van der Waals surface area contributed by atoms with Crippen molar-refractivity contribution in [1.82, 2.24) is 0 Å². The van der Waals surface area contributed by atoms with Crippen molar-refractivity contribution in [2.24, 2.45) is 0 Å². The molecule has 1 aliphatic heterocycles. The van der Waals surface area contributed by atoms with Crippen molar-refractivity contribution >= 4 is 46.6 Å². The Morgan fingerprint density at radius 1 is 1.04 bits per heavy atom. The summed E-state index contributed by atoms with van der Waals surface area (Å²) >= 11 is 17.6. The maximum Gasteiger partial charge on any atom is 0.338 e. The molecule has 3 rings (SSSR count). The number of esters is 1. The number of ketones is 1. The van der Waals surface area contributed by atoms with Crippen molar-refractivity contribution in [3.05, 3.63) is 69.7 Å². The van der Waals surface area contributed by atoms with Crippen LogP contribution in [0.3, 0.4) is 0 Å². The van der Waals surface area contributed by atoms with Gasteiger partial charge >= 0.3 is 5.97 Å². The van der Waals surface area contributed by atoms with E-state index < -0.39 is 29.0 Å². The summed E-state index contributed by atoms with van der Waals surface area (Å²) in [5.41, 5.74) is -2.26. The van der Waals surface area contributed by atoms with Gasteiger partial charge in [-0.05, 0) is 48.5 Å². The normalized spacial score (nSPS) is 24.6. The van der Waals surface area contributed by atoms with Crippen molar-refractivity contribution < 1.29 is 24.2 Å². The fourth-order valence-electron chi connectivity index (χ4n) is 2.80. The van der Waals surface area contributed by atoms with Crippen molar-refractivity contribution in [3.8, 4) is 0 Å². The molecular formula is C19H15Cl3O5. The topological polar surface area (TPSA) is 72.8 Å². The number of alkyl halides is 1. The standard InChI is InChI=1S/C19H15Cl3O5/c20-13-5-1-11(2-6-13)17(23)19(25)9-16(22)27-15(19)10-26-18(24)12-3-7-14(21)8-4-12/h1-8,15-16,25H,9-10H2/t15-,16?,19+/m1/s1. The maximum atomic E-state index is 12.8. The first kappa shape index (κ1) is 20.1. The molecule has 5 nitrogen and oxygen atoms in total. The number of carbonyl (C=O) groups is 2. The van der Waals surface area contributed by atoms with E-state index in [0.717, 1.165) is 0 Å². The fourth-order valence-corrected chi connectivity index (χ4v) is 3.41. The van der Waals surface area contributed by atoms with E-state index in [1.807, 2.05) is 0 Å². The first-order chi connectivity index (χ1) is 12.8. The van der Waals surface area contributed by atoms with Gasteiger partial charge in [-0.3, -0.25) is 4.79 Å². The van der Waals surface area contributed by atoms with Crippen LogP contribution in [0.15, 0.2) is 48.5 Å². The molecule has 1 aliphatic rings. The molecule has 8 heteroatoms. The Bertz CT molecular complexity index is 837. The molecule has 3 atom stereocenters. The minimum absolute atomic E-state index is 0.126. The highest BCUT2D eigenvalue weighted by Crippen LogP contribution is 2.36. The summed E-state index contributed by atoms with van der Waals surface area (Å²) in [7, 11) is 0. The summed E-state index contributed by atoms with van der Waals surface area (Å²) in [6, 6.07) is 12.2. The van der Waals surface area contributed by atoms with Gasteiger partial charge in [0.05, 0.1) is 5.56 Å². The SMILES string of the molecule is O=C(OC[C@H]1OC(Cl)C[C@@]1(O)C(=O)c1ccc(Cl)cc1)c1ccc(Cl)cc1. The molecule has 2 aromatic rings. The molecule has 1 heterocycles. The van der Waals surface area contributed by atoms with Gasteiger partial charge in [-0.2, -0.15) is 0 Å².